The molecule has 0 aromatic rings. The zero-order valence-electron chi connectivity index (χ0n) is 12.7. The lowest BCUT2D eigenvalue weighted by atomic mass is 9.58. The van der Waals surface area contributed by atoms with Crippen LogP contribution >= 0.6 is 0 Å². The third kappa shape index (κ3) is 0.926. The molecule has 1 saturated heterocycles. The molecule has 0 N–H and O–H groups in total. The Kier molecular flexibility index (Phi) is 1.85. The van der Waals surface area contributed by atoms with Crippen LogP contribution in [0.15, 0.2) is 0 Å². The Morgan fingerprint density at radius 3 is 1.76 bits per heavy atom. The van der Waals surface area contributed by atoms with Gasteiger partial charge in [-0.05, 0) is 40.4 Å². The molecule has 98 valence electrons. The average Bonchev–Trinajstić information content (AvgIpc) is 2.36. The third-order valence-corrected chi connectivity index (χ3v) is 7.64. The highest BCUT2D eigenvalue weighted by atomic mass is 16.5. The summed E-state index contributed by atoms with van der Waals surface area (Å²) in [5.41, 5.74) is 1.63. The molecule has 0 bridgehead atoms. The van der Waals surface area contributed by atoms with E-state index >= 15 is 0 Å². The maximum absolute atomic E-state index is 6.39. The molecule has 0 aromatic heterocycles. The van der Waals surface area contributed by atoms with Crippen LogP contribution in [0.5, 0.6) is 0 Å². The molecule has 0 unspecified atom stereocenters. The summed E-state index contributed by atoms with van der Waals surface area (Å²) < 4.78 is 6.39. The van der Waals surface area contributed by atoms with Crippen molar-refractivity contribution < 1.29 is 4.74 Å². The summed E-state index contributed by atoms with van der Waals surface area (Å²) in [6.45, 7) is 19.4. The van der Waals surface area contributed by atoms with Crippen LogP contribution in [0.3, 0.4) is 0 Å². The van der Waals surface area contributed by atoms with E-state index in [-0.39, 0.29) is 0 Å². The molecule has 0 amide bonds. The first-order valence-corrected chi connectivity index (χ1v) is 7.16. The maximum atomic E-state index is 6.39. The summed E-state index contributed by atoms with van der Waals surface area (Å²) in [6.07, 6.45) is 0.896. The van der Waals surface area contributed by atoms with Gasteiger partial charge in [0, 0.05) is 0 Å². The fourth-order valence-corrected chi connectivity index (χ4v) is 6.10. The van der Waals surface area contributed by atoms with Crippen molar-refractivity contribution in [3.63, 3.8) is 0 Å². The third-order valence-electron chi connectivity index (χ3n) is 7.64. The maximum Gasteiger partial charge on any atom is 0.0657 e. The van der Waals surface area contributed by atoms with Crippen LogP contribution in [-0.4, -0.2) is 12.2 Å². The highest BCUT2D eigenvalue weighted by molar-refractivity contribution is 5.32. The van der Waals surface area contributed by atoms with E-state index in [2.05, 4.69) is 55.4 Å². The molecule has 1 heterocycles. The molecule has 3 rings (SSSR count). The van der Waals surface area contributed by atoms with E-state index in [0.717, 1.165) is 5.92 Å². The van der Waals surface area contributed by atoms with E-state index in [1.54, 1.807) is 0 Å². The van der Waals surface area contributed by atoms with Crippen LogP contribution in [0.1, 0.15) is 55.4 Å². The molecule has 2 saturated carbocycles. The Morgan fingerprint density at radius 2 is 1.24 bits per heavy atom. The normalized spacial score (nSPS) is 56.5. The van der Waals surface area contributed by atoms with Gasteiger partial charge in [-0.3, -0.25) is 0 Å². The highest BCUT2D eigenvalue weighted by Crippen LogP contribution is 2.87. The largest absolute Gasteiger partial charge is 0.374 e. The van der Waals surface area contributed by atoms with Crippen LogP contribution < -0.4 is 0 Å². The van der Waals surface area contributed by atoms with E-state index < -0.39 is 0 Å². The molecule has 1 nitrogen and oxygen atoms in total. The van der Waals surface area contributed by atoms with Gasteiger partial charge in [0.15, 0.2) is 0 Å². The fourth-order valence-electron chi connectivity index (χ4n) is 6.10. The Balaban J connectivity index is 2.10. The molecule has 0 aromatic carbocycles. The second-order valence-corrected chi connectivity index (χ2v) is 8.67. The minimum atomic E-state index is 0.320. The standard InChI is InChI=1S/C16H28O/c1-9-13(2,3)11-10(17-9)12-15(6,7)16(12,8)14(11,4)5/h9-12H,1-8H3/t9-,10-,11-,12-,16+/m0/s1. The molecule has 1 heteroatoms. The second kappa shape index (κ2) is 2.61. The van der Waals surface area contributed by atoms with Gasteiger partial charge < -0.3 is 4.74 Å². The first kappa shape index (κ1) is 12.0. The van der Waals surface area contributed by atoms with Crippen LogP contribution in [0, 0.1) is 33.5 Å². The van der Waals surface area contributed by atoms with Crippen LogP contribution in [0.2, 0.25) is 0 Å². The van der Waals surface area contributed by atoms with Gasteiger partial charge in [0.1, 0.15) is 0 Å². The summed E-state index contributed by atoms with van der Waals surface area (Å²) in [5.74, 6) is 1.48. The minimum Gasteiger partial charge on any atom is -0.374 e. The molecule has 3 fully saturated rings. The van der Waals surface area contributed by atoms with Gasteiger partial charge in [-0.1, -0.05) is 48.5 Å². The van der Waals surface area contributed by atoms with E-state index in [4.69, 9.17) is 4.74 Å². The molecular formula is C16H28O. The van der Waals surface area contributed by atoms with Crippen molar-refractivity contribution in [1.82, 2.24) is 0 Å². The van der Waals surface area contributed by atoms with E-state index in [0.29, 0.717) is 39.8 Å². The van der Waals surface area contributed by atoms with E-state index in [9.17, 15) is 0 Å². The number of hydrogen-bond acceptors (Lipinski definition) is 1. The number of rotatable bonds is 0. The van der Waals surface area contributed by atoms with Crippen LogP contribution in [0.25, 0.3) is 0 Å². The van der Waals surface area contributed by atoms with Gasteiger partial charge in [0.25, 0.3) is 0 Å². The first-order chi connectivity index (χ1) is 7.50. The lowest BCUT2D eigenvalue weighted by Crippen LogP contribution is -2.43. The number of hydrogen-bond donors (Lipinski definition) is 0. The molecule has 17 heavy (non-hydrogen) atoms. The SMILES string of the molecule is C[C@@H]1O[C@H]2[C@@H](C1(C)C)C(C)(C)[C@@]1(C)[C@@H]2C1(C)C. The first-order valence-electron chi connectivity index (χ1n) is 7.16. The second-order valence-electron chi connectivity index (χ2n) is 8.67. The Labute approximate surface area is 106 Å². The topological polar surface area (TPSA) is 9.23 Å². The van der Waals surface area contributed by atoms with Crippen molar-refractivity contribution in [2.45, 2.75) is 67.6 Å². The summed E-state index contributed by atoms with van der Waals surface area (Å²) in [5, 5.41) is 0. The molecule has 1 aliphatic heterocycles. The summed E-state index contributed by atoms with van der Waals surface area (Å²) in [6, 6.07) is 0. The van der Waals surface area contributed by atoms with Crippen LogP contribution in [0.4, 0.5) is 0 Å². The predicted octanol–water partition coefficient (Wildman–Crippen LogP) is 4.12. The van der Waals surface area contributed by atoms with Crippen LogP contribution in [-0.2, 0) is 4.74 Å². The Bertz CT molecular complexity index is 379. The van der Waals surface area contributed by atoms with Gasteiger partial charge >= 0.3 is 0 Å². The monoisotopic (exact) mass is 236 g/mol. The quantitative estimate of drug-likeness (QED) is 0.615. The molecule has 0 radical (unpaired) electrons. The zero-order chi connectivity index (χ0) is 13.0. The van der Waals surface area contributed by atoms with Crippen molar-refractivity contribution in [1.29, 1.82) is 0 Å². The Morgan fingerprint density at radius 1 is 0.765 bits per heavy atom. The van der Waals surface area contributed by atoms with Crippen molar-refractivity contribution in [3.05, 3.63) is 0 Å². The minimum absolute atomic E-state index is 0.320. The summed E-state index contributed by atoms with van der Waals surface area (Å²) >= 11 is 0. The highest BCUT2D eigenvalue weighted by Gasteiger charge is 2.85. The van der Waals surface area contributed by atoms with Gasteiger partial charge in [0.05, 0.1) is 12.2 Å². The number of fused-ring (bicyclic) bond motifs is 3. The Hall–Kier alpha value is -0.0400. The lowest BCUT2D eigenvalue weighted by molar-refractivity contribution is 0.0146. The van der Waals surface area contributed by atoms with E-state index in [1.165, 1.54) is 0 Å². The van der Waals surface area contributed by atoms with Gasteiger partial charge in [-0.15, -0.1) is 0 Å². The number of ether oxygens (including phenoxy) is 1. The van der Waals surface area contributed by atoms with Crippen molar-refractivity contribution in [2.75, 3.05) is 0 Å². The van der Waals surface area contributed by atoms with Crippen molar-refractivity contribution in [3.8, 4) is 0 Å². The fraction of sp³-hybridized carbons (Fsp3) is 1.00. The lowest BCUT2D eigenvalue weighted by Gasteiger charge is -2.45. The van der Waals surface area contributed by atoms with E-state index in [1.807, 2.05) is 0 Å². The average molecular weight is 236 g/mol. The van der Waals surface area contributed by atoms with Gasteiger partial charge in [-0.25, -0.2) is 0 Å². The molecular weight excluding hydrogens is 208 g/mol. The molecule has 2 aliphatic carbocycles. The smallest absolute Gasteiger partial charge is 0.0657 e. The summed E-state index contributed by atoms with van der Waals surface area (Å²) in [4.78, 5) is 0. The van der Waals surface area contributed by atoms with Crippen molar-refractivity contribution in [2.24, 2.45) is 33.5 Å². The predicted molar refractivity (Wildman–Crippen MR) is 70.8 cm³/mol. The van der Waals surface area contributed by atoms with Gasteiger partial charge in [0.2, 0.25) is 0 Å². The summed E-state index contributed by atoms with van der Waals surface area (Å²) in [7, 11) is 0. The molecule has 3 aliphatic rings. The molecule has 0 spiro atoms. The van der Waals surface area contributed by atoms with Crippen molar-refractivity contribution >= 4 is 0 Å². The zero-order valence-corrected chi connectivity index (χ0v) is 12.7. The van der Waals surface area contributed by atoms with Gasteiger partial charge in [-0.2, -0.15) is 0 Å². The molecule has 5 atom stereocenters.